The van der Waals surface area contributed by atoms with E-state index in [4.69, 9.17) is 18.9 Å². The van der Waals surface area contributed by atoms with Gasteiger partial charge in [0.1, 0.15) is 23.9 Å². The van der Waals surface area contributed by atoms with E-state index in [2.05, 4.69) is 18.3 Å². The molecule has 1 spiro atoms. The van der Waals surface area contributed by atoms with Crippen molar-refractivity contribution in [2.45, 2.75) is 109 Å². The first-order valence-electron chi connectivity index (χ1n) is 13.1. The molecule has 37 heavy (non-hydrogen) atoms. The molecule has 9 heteroatoms. The molecule has 0 aromatic carbocycles. The van der Waals surface area contributed by atoms with Crippen molar-refractivity contribution in [3.05, 3.63) is 36.0 Å². The molecule has 3 fully saturated rings. The molecule has 3 saturated heterocycles. The summed E-state index contributed by atoms with van der Waals surface area (Å²) in [5.74, 6) is -0.398. The number of carbonyl (C=O) groups is 2. The monoisotopic (exact) mass is 521 g/mol. The van der Waals surface area contributed by atoms with Crippen molar-refractivity contribution < 1.29 is 38.7 Å². The summed E-state index contributed by atoms with van der Waals surface area (Å²) in [5.41, 5.74) is -0.345. The van der Waals surface area contributed by atoms with Gasteiger partial charge in [0.2, 0.25) is 5.91 Å². The maximum Gasteiger partial charge on any atom is 0.303 e. The van der Waals surface area contributed by atoms with Gasteiger partial charge in [-0.2, -0.15) is 0 Å². The average Bonchev–Trinajstić information content (AvgIpc) is 3.59. The summed E-state index contributed by atoms with van der Waals surface area (Å²) in [6.45, 7) is 11.3. The van der Waals surface area contributed by atoms with Gasteiger partial charge in [-0.1, -0.05) is 30.7 Å². The molecule has 9 nitrogen and oxygen atoms in total. The van der Waals surface area contributed by atoms with Crippen LogP contribution >= 0.6 is 0 Å². The lowest BCUT2D eigenvalue weighted by Crippen LogP contribution is -2.56. The van der Waals surface area contributed by atoms with Crippen molar-refractivity contribution in [3.63, 3.8) is 0 Å². The van der Waals surface area contributed by atoms with E-state index in [1.165, 1.54) is 13.0 Å². The fourth-order valence-corrected chi connectivity index (χ4v) is 5.16. The molecule has 208 valence electrons. The van der Waals surface area contributed by atoms with E-state index in [9.17, 15) is 19.8 Å². The van der Waals surface area contributed by atoms with E-state index >= 15 is 0 Å². The third kappa shape index (κ3) is 7.97. The van der Waals surface area contributed by atoms with E-state index in [-0.39, 0.29) is 36.7 Å². The van der Waals surface area contributed by atoms with Gasteiger partial charge in [-0.25, -0.2) is 0 Å². The molecule has 0 radical (unpaired) electrons. The van der Waals surface area contributed by atoms with Crippen LogP contribution in [0.1, 0.15) is 60.8 Å². The Morgan fingerprint density at radius 2 is 1.95 bits per heavy atom. The summed E-state index contributed by atoms with van der Waals surface area (Å²) < 4.78 is 22.8. The minimum atomic E-state index is -0.773. The van der Waals surface area contributed by atoms with Gasteiger partial charge in [0.15, 0.2) is 0 Å². The highest BCUT2D eigenvalue weighted by Gasteiger charge is 2.61. The maximum absolute atomic E-state index is 12.3. The zero-order valence-electron chi connectivity index (χ0n) is 22.8. The fraction of sp³-hybridized carbons (Fsp3) is 0.714. The van der Waals surface area contributed by atoms with Crippen molar-refractivity contribution in [1.29, 1.82) is 0 Å². The van der Waals surface area contributed by atoms with Crippen molar-refractivity contribution >= 4 is 11.9 Å². The Morgan fingerprint density at radius 3 is 2.57 bits per heavy atom. The number of epoxide rings is 1. The van der Waals surface area contributed by atoms with E-state index in [1.54, 1.807) is 13.0 Å². The Labute approximate surface area is 219 Å². The van der Waals surface area contributed by atoms with Crippen molar-refractivity contribution in [3.8, 4) is 0 Å². The zero-order chi connectivity index (χ0) is 27.4. The molecule has 1 amide bonds. The van der Waals surface area contributed by atoms with Gasteiger partial charge < -0.3 is 34.5 Å². The Morgan fingerprint density at radius 1 is 1.24 bits per heavy atom. The van der Waals surface area contributed by atoms with E-state index in [1.807, 2.05) is 32.9 Å². The van der Waals surface area contributed by atoms with Crippen LogP contribution in [0.2, 0.25) is 0 Å². The molecular formula is C28H43NO8. The Balaban J connectivity index is 1.50. The summed E-state index contributed by atoms with van der Waals surface area (Å²) in [6, 6.07) is -0.111. The molecule has 0 bridgehead atoms. The molecule has 3 heterocycles. The highest BCUT2D eigenvalue weighted by molar-refractivity contribution is 5.87. The predicted molar refractivity (Wildman–Crippen MR) is 138 cm³/mol. The van der Waals surface area contributed by atoms with Crippen LogP contribution in [0.4, 0.5) is 0 Å². The van der Waals surface area contributed by atoms with Gasteiger partial charge in [0.25, 0.3) is 0 Å². The Kier molecular flexibility index (Phi) is 9.74. The summed E-state index contributed by atoms with van der Waals surface area (Å²) >= 11 is 0. The molecule has 3 rings (SSSR count). The first-order chi connectivity index (χ1) is 17.4. The number of aliphatic hydroxyl groups is 2. The van der Waals surface area contributed by atoms with E-state index in [0.717, 1.165) is 18.4 Å². The first-order valence-corrected chi connectivity index (χ1v) is 13.1. The lowest BCUT2D eigenvalue weighted by atomic mass is 9.82. The molecule has 0 aromatic heterocycles. The SMILES string of the molecule is CC(=O)O[C@@H](C)/C=C\C(=O)N[C@@H]1C[C@H](C)[C@H](C/C=C(C)/C=C/[C@H]2O[C@@](C)(CO)C[C@@]3(CO3)[C@@H]2O)O[C@@H]1C. The maximum atomic E-state index is 12.3. The minimum Gasteiger partial charge on any atom is -0.459 e. The third-order valence-electron chi connectivity index (χ3n) is 7.43. The molecular weight excluding hydrogens is 478 g/mol. The van der Waals surface area contributed by atoms with E-state index < -0.39 is 35.5 Å². The van der Waals surface area contributed by atoms with Crippen LogP contribution in [0.25, 0.3) is 0 Å². The first kappa shape index (κ1) is 29.5. The van der Waals surface area contributed by atoms with Crippen LogP contribution in [0.5, 0.6) is 0 Å². The number of allylic oxidation sites excluding steroid dienone is 2. The molecule has 3 aliphatic heterocycles. The standard InChI is InChI=1S/C28H43NO8/c1-17(8-11-24-26(33)28(16-34-28)14-27(6,15-30)37-24)7-10-23-18(2)13-22(20(4)36-23)29-25(32)12-9-19(3)35-21(5)31/h7-9,11-12,18-20,22-24,26,30,33H,10,13-16H2,1-6H3,(H,29,32)/b11-8+,12-9-,17-7+/t18-,19-,20+,22+,23-,24+,26+,27+,28+/m0/s1. The second-order valence-electron chi connectivity index (χ2n) is 11.1. The van der Waals surface area contributed by atoms with Gasteiger partial charge in [-0.3, -0.25) is 9.59 Å². The lowest BCUT2D eigenvalue weighted by molar-refractivity contribution is -0.192. The highest BCUT2D eigenvalue weighted by atomic mass is 16.6. The van der Waals surface area contributed by atoms with Crippen LogP contribution in [0, 0.1) is 5.92 Å². The minimum absolute atomic E-state index is 0.0170. The normalized spacial score (nSPS) is 39.2. The summed E-state index contributed by atoms with van der Waals surface area (Å²) in [6.07, 6.45) is 8.86. The molecule has 0 aromatic rings. The number of hydrogen-bond donors (Lipinski definition) is 3. The van der Waals surface area contributed by atoms with Crippen molar-refractivity contribution in [1.82, 2.24) is 5.32 Å². The number of esters is 1. The topological polar surface area (TPSA) is 127 Å². The second-order valence-corrected chi connectivity index (χ2v) is 11.1. The van der Waals surface area contributed by atoms with Crippen LogP contribution in [-0.2, 0) is 28.5 Å². The van der Waals surface area contributed by atoms with Crippen LogP contribution in [0.3, 0.4) is 0 Å². The molecule has 0 aliphatic carbocycles. The Bertz CT molecular complexity index is 910. The number of amides is 1. The molecule has 3 aliphatic rings. The van der Waals surface area contributed by atoms with Crippen LogP contribution in [-0.4, -0.2) is 83.1 Å². The fourth-order valence-electron chi connectivity index (χ4n) is 5.16. The van der Waals surface area contributed by atoms with Crippen LogP contribution < -0.4 is 5.32 Å². The molecule has 0 saturated carbocycles. The zero-order valence-corrected chi connectivity index (χ0v) is 22.8. The molecule has 3 N–H and O–H groups in total. The van der Waals surface area contributed by atoms with Gasteiger partial charge >= 0.3 is 5.97 Å². The van der Waals surface area contributed by atoms with Crippen LogP contribution in [0.15, 0.2) is 36.0 Å². The van der Waals surface area contributed by atoms with Gasteiger partial charge in [-0.05, 0) is 52.5 Å². The molecule has 0 unspecified atom stereocenters. The number of nitrogens with one attached hydrogen (secondary N) is 1. The number of ether oxygens (including phenoxy) is 4. The summed E-state index contributed by atoms with van der Waals surface area (Å²) in [5, 5.41) is 23.5. The van der Waals surface area contributed by atoms with E-state index in [0.29, 0.717) is 13.0 Å². The van der Waals surface area contributed by atoms with Crippen molar-refractivity contribution in [2.24, 2.45) is 5.92 Å². The van der Waals surface area contributed by atoms with Gasteiger partial charge in [-0.15, -0.1) is 0 Å². The number of hydrogen-bond acceptors (Lipinski definition) is 8. The largest absolute Gasteiger partial charge is 0.459 e. The number of carbonyl (C=O) groups excluding carboxylic acids is 2. The van der Waals surface area contributed by atoms with Gasteiger partial charge in [0, 0.05) is 19.4 Å². The summed E-state index contributed by atoms with van der Waals surface area (Å²) in [4.78, 5) is 23.3. The lowest BCUT2D eigenvalue weighted by Gasteiger charge is -2.42. The van der Waals surface area contributed by atoms with Gasteiger partial charge in [0.05, 0.1) is 37.1 Å². The third-order valence-corrected chi connectivity index (χ3v) is 7.43. The Hall–Kier alpha value is -2.04. The number of rotatable bonds is 9. The average molecular weight is 522 g/mol. The second kappa shape index (κ2) is 12.2. The predicted octanol–water partition coefficient (Wildman–Crippen LogP) is 2.35. The highest BCUT2D eigenvalue weighted by Crippen LogP contribution is 2.46. The summed E-state index contributed by atoms with van der Waals surface area (Å²) in [7, 11) is 0. The number of aliphatic hydroxyl groups excluding tert-OH is 2. The molecule has 9 atom stereocenters. The van der Waals surface area contributed by atoms with Crippen molar-refractivity contribution in [2.75, 3.05) is 13.2 Å². The quantitative estimate of drug-likeness (QED) is 0.183. The smallest absolute Gasteiger partial charge is 0.303 e.